The molecule has 1 saturated heterocycles. The number of aromatic nitrogens is 2. The van der Waals surface area contributed by atoms with Gasteiger partial charge in [-0.2, -0.15) is 5.10 Å². The van der Waals surface area contributed by atoms with Crippen molar-refractivity contribution in [1.29, 1.82) is 0 Å². The van der Waals surface area contributed by atoms with Crippen LogP contribution in [0, 0.1) is 5.92 Å². The molecule has 0 aliphatic carbocycles. The van der Waals surface area contributed by atoms with Crippen molar-refractivity contribution in [3.63, 3.8) is 0 Å². The van der Waals surface area contributed by atoms with E-state index in [2.05, 4.69) is 20.4 Å². The first-order valence-electron chi connectivity index (χ1n) is 8.26. The Labute approximate surface area is 136 Å². The minimum absolute atomic E-state index is 0.0552. The molecule has 1 amide bonds. The first-order chi connectivity index (χ1) is 11.2. The Morgan fingerprint density at radius 3 is 3.17 bits per heavy atom. The number of amides is 1. The van der Waals surface area contributed by atoms with Crippen LogP contribution < -0.4 is 5.32 Å². The van der Waals surface area contributed by atoms with Gasteiger partial charge in [0.15, 0.2) is 5.76 Å². The SMILES string of the molecule is CC(=O)NCCC1CCCN(Cc2ccc(-c3ccn[nH]3)o2)C1. The highest BCUT2D eigenvalue weighted by molar-refractivity contribution is 5.72. The number of H-pyrrole nitrogens is 1. The number of carbonyl (C=O) groups is 1. The molecule has 6 nitrogen and oxygen atoms in total. The molecule has 2 aromatic heterocycles. The molecule has 0 spiro atoms. The molecule has 0 radical (unpaired) electrons. The van der Waals surface area contributed by atoms with Crippen LogP contribution in [0.25, 0.3) is 11.5 Å². The van der Waals surface area contributed by atoms with Crippen molar-refractivity contribution in [2.45, 2.75) is 32.7 Å². The number of piperidine rings is 1. The second-order valence-electron chi connectivity index (χ2n) is 6.25. The number of carbonyl (C=O) groups excluding carboxylic acids is 1. The van der Waals surface area contributed by atoms with Gasteiger partial charge >= 0.3 is 0 Å². The van der Waals surface area contributed by atoms with Gasteiger partial charge in [0.1, 0.15) is 11.5 Å². The number of rotatable bonds is 6. The summed E-state index contributed by atoms with van der Waals surface area (Å²) in [6.45, 7) is 5.36. The van der Waals surface area contributed by atoms with E-state index in [0.29, 0.717) is 5.92 Å². The van der Waals surface area contributed by atoms with E-state index < -0.39 is 0 Å². The van der Waals surface area contributed by atoms with Crippen molar-refractivity contribution in [2.24, 2.45) is 5.92 Å². The first-order valence-corrected chi connectivity index (χ1v) is 8.26. The molecule has 6 heteroatoms. The Hall–Kier alpha value is -2.08. The zero-order valence-corrected chi connectivity index (χ0v) is 13.5. The van der Waals surface area contributed by atoms with Crippen LogP contribution in [0.3, 0.4) is 0 Å². The van der Waals surface area contributed by atoms with Gasteiger partial charge in [-0.3, -0.25) is 14.8 Å². The molecular weight excluding hydrogens is 292 g/mol. The summed E-state index contributed by atoms with van der Waals surface area (Å²) in [6, 6.07) is 5.93. The van der Waals surface area contributed by atoms with Gasteiger partial charge in [-0.15, -0.1) is 0 Å². The Kier molecular flexibility index (Phi) is 5.12. The Balaban J connectivity index is 1.50. The molecule has 1 aliphatic heterocycles. The highest BCUT2D eigenvalue weighted by atomic mass is 16.3. The second kappa shape index (κ2) is 7.46. The molecule has 124 valence electrons. The van der Waals surface area contributed by atoms with Crippen LogP contribution in [-0.4, -0.2) is 40.6 Å². The molecule has 0 aromatic carbocycles. The lowest BCUT2D eigenvalue weighted by molar-refractivity contribution is -0.119. The topological polar surface area (TPSA) is 74.2 Å². The van der Waals surface area contributed by atoms with E-state index in [1.807, 2.05) is 18.2 Å². The van der Waals surface area contributed by atoms with Crippen LogP contribution in [0.15, 0.2) is 28.8 Å². The predicted molar refractivity (Wildman–Crippen MR) is 87.6 cm³/mol. The molecule has 2 aromatic rings. The van der Waals surface area contributed by atoms with E-state index in [0.717, 1.165) is 49.8 Å². The molecule has 1 aliphatic rings. The monoisotopic (exact) mass is 316 g/mol. The standard InChI is InChI=1S/C17H24N4O2/c1-13(22)18-8-6-14-3-2-10-21(11-14)12-15-4-5-17(23-15)16-7-9-19-20-16/h4-5,7,9,14H,2-3,6,8,10-12H2,1H3,(H,18,22)(H,19,20). The van der Waals surface area contributed by atoms with E-state index >= 15 is 0 Å². The lowest BCUT2D eigenvalue weighted by Crippen LogP contribution is -2.36. The molecule has 3 heterocycles. The van der Waals surface area contributed by atoms with E-state index in [1.165, 1.54) is 12.8 Å². The third-order valence-corrected chi connectivity index (χ3v) is 4.34. The third-order valence-electron chi connectivity index (χ3n) is 4.34. The van der Waals surface area contributed by atoms with Crippen molar-refractivity contribution >= 4 is 5.91 Å². The van der Waals surface area contributed by atoms with Gasteiger partial charge in [-0.1, -0.05) is 0 Å². The number of hydrogen-bond donors (Lipinski definition) is 2. The van der Waals surface area contributed by atoms with Crippen LogP contribution >= 0.6 is 0 Å². The maximum absolute atomic E-state index is 10.9. The lowest BCUT2D eigenvalue weighted by atomic mass is 9.94. The van der Waals surface area contributed by atoms with Gasteiger partial charge in [0.05, 0.1) is 6.54 Å². The fourth-order valence-electron chi connectivity index (χ4n) is 3.20. The van der Waals surface area contributed by atoms with Crippen LogP contribution in [0.4, 0.5) is 0 Å². The number of aromatic amines is 1. The first kappa shape index (κ1) is 15.8. The summed E-state index contributed by atoms with van der Waals surface area (Å²) in [6.07, 6.45) is 5.22. The predicted octanol–water partition coefficient (Wildman–Crippen LogP) is 2.41. The van der Waals surface area contributed by atoms with Crippen molar-refractivity contribution in [3.05, 3.63) is 30.2 Å². The van der Waals surface area contributed by atoms with Crippen molar-refractivity contribution in [3.8, 4) is 11.5 Å². The van der Waals surface area contributed by atoms with Crippen LogP contribution in [-0.2, 0) is 11.3 Å². The molecule has 23 heavy (non-hydrogen) atoms. The van der Waals surface area contributed by atoms with Gasteiger partial charge < -0.3 is 9.73 Å². The van der Waals surface area contributed by atoms with Gasteiger partial charge in [0.25, 0.3) is 0 Å². The molecule has 1 unspecified atom stereocenters. The maximum Gasteiger partial charge on any atom is 0.216 e. The molecular formula is C17H24N4O2. The second-order valence-corrected chi connectivity index (χ2v) is 6.25. The summed E-state index contributed by atoms with van der Waals surface area (Å²) in [5.74, 6) is 2.52. The molecule has 0 bridgehead atoms. The number of nitrogens with zero attached hydrogens (tertiary/aromatic N) is 2. The largest absolute Gasteiger partial charge is 0.458 e. The van der Waals surface area contributed by atoms with E-state index in [4.69, 9.17) is 4.42 Å². The summed E-state index contributed by atoms with van der Waals surface area (Å²) in [7, 11) is 0. The summed E-state index contributed by atoms with van der Waals surface area (Å²) >= 11 is 0. The minimum atomic E-state index is 0.0552. The quantitative estimate of drug-likeness (QED) is 0.858. The fourth-order valence-corrected chi connectivity index (χ4v) is 3.20. The van der Waals surface area contributed by atoms with Gasteiger partial charge in [-0.05, 0) is 49.9 Å². The average Bonchev–Trinajstić information content (AvgIpc) is 3.18. The summed E-state index contributed by atoms with van der Waals surface area (Å²) in [4.78, 5) is 13.4. The Bertz CT molecular complexity index is 620. The number of likely N-dealkylation sites (tertiary alicyclic amines) is 1. The smallest absolute Gasteiger partial charge is 0.216 e. The van der Waals surface area contributed by atoms with Crippen molar-refractivity contribution in [2.75, 3.05) is 19.6 Å². The Morgan fingerprint density at radius 2 is 2.39 bits per heavy atom. The van der Waals surface area contributed by atoms with Crippen molar-refractivity contribution in [1.82, 2.24) is 20.4 Å². The van der Waals surface area contributed by atoms with Crippen LogP contribution in [0.5, 0.6) is 0 Å². The summed E-state index contributed by atoms with van der Waals surface area (Å²) < 4.78 is 5.91. The zero-order valence-electron chi connectivity index (χ0n) is 13.5. The third kappa shape index (κ3) is 4.45. The van der Waals surface area contributed by atoms with Gasteiger partial charge in [-0.25, -0.2) is 0 Å². The number of nitrogens with one attached hydrogen (secondary N) is 2. The zero-order chi connectivity index (χ0) is 16.1. The highest BCUT2D eigenvalue weighted by Gasteiger charge is 2.20. The molecule has 0 saturated carbocycles. The minimum Gasteiger partial charge on any atom is -0.458 e. The van der Waals surface area contributed by atoms with E-state index in [9.17, 15) is 4.79 Å². The van der Waals surface area contributed by atoms with E-state index in [1.54, 1.807) is 13.1 Å². The molecule has 1 atom stereocenters. The summed E-state index contributed by atoms with van der Waals surface area (Å²) in [5.41, 5.74) is 0.906. The van der Waals surface area contributed by atoms with Crippen LogP contribution in [0.1, 0.15) is 31.9 Å². The lowest BCUT2D eigenvalue weighted by Gasteiger charge is -2.32. The molecule has 1 fully saturated rings. The van der Waals surface area contributed by atoms with Gasteiger partial charge in [0.2, 0.25) is 5.91 Å². The Morgan fingerprint density at radius 1 is 1.48 bits per heavy atom. The molecule has 3 rings (SSSR count). The average molecular weight is 316 g/mol. The number of furan rings is 1. The van der Waals surface area contributed by atoms with Crippen molar-refractivity contribution < 1.29 is 9.21 Å². The fraction of sp³-hybridized carbons (Fsp3) is 0.529. The number of hydrogen-bond acceptors (Lipinski definition) is 4. The van der Waals surface area contributed by atoms with E-state index in [-0.39, 0.29) is 5.91 Å². The molecule has 2 N–H and O–H groups in total. The normalized spacial score (nSPS) is 18.9. The van der Waals surface area contributed by atoms with Gasteiger partial charge in [0, 0.05) is 26.2 Å². The van der Waals surface area contributed by atoms with Crippen LogP contribution in [0.2, 0.25) is 0 Å². The summed E-state index contributed by atoms with van der Waals surface area (Å²) in [5, 5.41) is 9.76. The highest BCUT2D eigenvalue weighted by Crippen LogP contribution is 2.24. The maximum atomic E-state index is 10.9.